The fourth-order valence-corrected chi connectivity index (χ4v) is 5.49. The minimum atomic E-state index is 0.652. The van der Waals surface area contributed by atoms with Gasteiger partial charge in [-0.25, -0.2) is 9.99 Å². The lowest BCUT2D eigenvalue weighted by molar-refractivity contribution is -0.214. The molecule has 1 aromatic carbocycles. The molecular weight excluding hydrogens is 482 g/mol. The average Bonchev–Trinajstić information content (AvgIpc) is 3.79. The van der Waals surface area contributed by atoms with Crippen molar-refractivity contribution in [2.45, 2.75) is 12.8 Å². The molecule has 0 atom stereocenters. The standard InChI is InChI=1S/C27H29N9O2/c1-2-6-20(7-3-1)25-24(27-28-11-12-29-27)23(21-8-10-30-31-21)26(22-9-17-38-32-22)36(33-13-4-5-14-33)35(25)34-15-18-37-19-16-34/h1-3,6-12,17H,4-5,13-16,18-19H2,(H,28,29)(H,30,31). The van der Waals surface area contributed by atoms with Crippen molar-refractivity contribution in [2.24, 2.45) is 0 Å². The topological polar surface area (TPSA) is 106 Å². The van der Waals surface area contributed by atoms with Gasteiger partial charge in [0.05, 0.1) is 30.2 Å². The van der Waals surface area contributed by atoms with Crippen molar-refractivity contribution in [1.29, 1.82) is 0 Å². The van der Waals surface area contributed by atoms with E-state index in [-0.39, 0.29) is 0 Å². The lowest BCUT2D eigenvalue weighted by atomic mass is 9.92. The highest BCUT2D eigenvalue weighted by molar-refractivity contribution is 6.20. The highest BCUT2D eigenvalue weighted by atomic mass is 16.5. The summed E-state index contributed by atoms with van der Waals surface area (Å²) < 4.78 is 11.2. The lowest BCUT2D eigenvalue weighted by Crippen LogP contribution is -2.60. The maximum absolute atomic E-state index is 5.78. The smallest absolute Gasteiger partial charge is 0.140 e. The van der Waals surface area contributed by atoms with Crippen LogP contribution in [0.3, 0.4) is 0 Å². The second-order valence-corrected chi connectivity index (χ2v) is 9.41. The van der Waals surface area contributed by atoms with Crippen molar-refractivity contribution in [3.8, 4) is 0 Å². The number of imidazole rings is 1. The molecule has 11 nitrogen and oxygen atoms in total. The molecule has 0 amide bonds. The van der Waals surface area contributed by atoms with Crippen LogP contribution in [-0.2, 0) is 4.74 Å². The Hall–Kier alpha value is -4.19. The molecule has 0 unspecified atom stereocenters. The van der Waals surface area contributed by atoms with Gasteiger partial charge in [0.25, 0.3) is 0 Å². The van der Waals surface area contributed by atoms with Crippen LogP contribution in [0.2, 0.25) is 0 Å². The number of morpholine rings is 1. The third-order valence-corrected chi connectivity index (χ3v) is 7.14. The van der Waals surface area contributed by atoms with E-state index in [0.29, 0.717) is 13.2 Å². The first kappa shape index (κ1) is 23.0. The first-order chi connectivity index (χ1) is 18.9. The van der Waals surface area contributed by atoms with Gasteiger partial charge in [-0.3, -0.25) is 5.10 Å². The van der Waals surface area contributed by atoms with Crippen molar-refractivity contribution < 1.29 is 9.26 Å². The maximum Gasteiger partial charge on any atom is 0.140 e. The normalized spacial score (nSPS) is 19.7. The van der Waals surface area contributed by atoms with Crippen molar-refractivity contribution in [2.75, 3.05) is 39.4 Å². The molecule has 38 heavy (non-hydrogen) atoms. The molecule has 6 heterocycles. The first-order valence-electron chi connectivity index (χ1n) is 13.0. The van der Waals surface area contributed by atoms with Crippen LogP contribution < -0.4 is 0 Å². The number of rotatable bonds is 6. The number of nitrogens with one attached hydrogen (secondary N) is 2. The molecule has 0 aliphatic carbocycles. The largest absolute Gasteiger partial charge is 0.379 e. The fraction of sp³-hybridized carbons (Fsp3) is 0.296. The summed E-state index contributed by atoms with van der Waals surface area (Å²) in [6, 6.07) is 14.4. The zero-order valence-electron chi connectivity index (χ0n) is 21.0. The molecule has 0 saturated carbocycles. The molecule has 0 spiro atoms. The number of benzene rings is 1. The van der Waals surface area contributed by atoms with Gasteiger partial charge in [0.2, 0.25) is 0 Å². The Morgan fingerprint density at radius 2 is 1.58 bits per heavy atom. The molecule has 2 saturated heterocycles. The van der Waals surface area contributed by atoms with Gasteiger partial charge in [0.1, 0.15) is 23.5 Å². The van der Waals surface area contributed by atoms with Crippen LogP contribution in [0.4, 0.5) is 0 Å². The summed E-state index contributed by atoms with van der Waals surface area (Å²) >= 11 is 0. The number of aromatic amines is 2. The predicted molar refractivity (Wildman–Crippen MR) is 141 cm³/mol. The quantitative estimate of drug-likeness (QED) is 0.403. The number of H-pyrrole nitrogens is 2. The van der Waals surface area contributed by atoms with E-state index in [9.17, 15) is 0 Å². The Morgan fingerprint density at radius 1 is 0.789 bits per heavy atom. The summed E-state index contributed by atoms with van der Waals surface area (Å²) in [5.41, 5.74) is 6.50. The molecule has 3 aliphatic heterocycles. The summed E-state index contributed by atoms with van der Waals surface area (Å²) in [5.74, 6) is 0.758. The number of hydrogen-bond donors (Lipinski definition) is 2. The van der Waals surface area contributed by atoms with E-state index in [1.807, 2.05) is 24.4 Å². The summed E-state index contributed by atoms with van der Waals surface area (Å²) in [7, 11) is 0. The summed E-state index contributed by atoms with van der Waals surface area (Å²) in [6.45, 7) is 4.65. The molecule has 2 fully saturated rings. The summed E-state index contributed by atoms with van der Waals surface area (Å²) in [5, 5.41) is 21.4. The van der Waals surface area contributed by atoms with E-state index < -0.39 is 0 Å². The molecule has 194 valence electrons. The van der Waals surface area contributed by atoms with Gasteiger partial charge in [0.15, 0.2) is 0 Å². The summed E-state index contributed by atoms with van der Waals surface area (Å²) in [6.07, 6.45) is 9.29. The number of hydrazine groups is 3. The molecule has 4 aromatic rings. The van der Waals surface area contributed by atoms with Crippen LogP contribution in [0.1, 0.15) is 35.6 Å². The van der Waals surface area contributed by atoms with E-state index in [1.165, 1.54) is 0 Å². The zero-order chi connectivity index (χ0) is 25.3. The van der Waals surface area contributed by atoms with Crippen LogP contribution in [0.15, 0.2) is 71.8 Å². The van der Waals surface area contributed by atoms with E-state index in [0.717, 1.165) is 84.3 Å². The minimum Gasteiger partial charge on any atom is -0.379 e. The number of nitrogens with zero attached hydrogens (tertiary/aromatic N) is 7. The Balaban J connectivity index is 1.60. The number of hydrogen-bond acceptors (Lipinski definition) is 9. The van der Waals surface area contributed by atoms with Gasteiger partial charge < -0.3 is 14.2 Å². The van der Waals surface area contributed by atoms with Gasteiger partial charge in [0, 0.05) is 62.0 Å². The highest BCUT2D eigenvalue weighted by Crippen LogP contribution is 2.49. The second-order valence-electron chi connectivity index (χ2n) is 9.41. The number of ether oxygens (including phenoxy) is 1. The van der Waals surface area contributed by atoms with Crippen LogP contribution in [0, 0.1) is 0 Å². The van der Waals surface area contributed by atoms with Crippen molar-refractivity contribution >= 4 is 22.5 Å². The van der Waals surface area contributed by atoms with Crippen LogP contribution >= 0.6 is 0 Å². The van der Waals surface area contributed by atoms with Gasteiger partial charge in [-0.2, -0.15) is 20.3 Å². The Morgan fingerprint density at radius 3 is 2.26 bits per heavy atom. The molecule has 0 bridgehead atoms. The van der Waals surface area contributed by atoms with Gasteiger partial charge in [-0.1, -0.05) is 35.5 Å². The average molecular weight is 512 g/mol. The fourth-order valence-electron chi connectivity index (χ4n) is 5.49. The second kappa shape index (κ2) is 9.93. The van der Waals surface area contributed by atoms with Gasteiger partial charge in [-0.15, -0.1) is 0 Å². The summed E-state index contributed by atoms with van der Waals surface area (Å²) in [4.78, 5) is 8.15. The van der Waals surface area contributed by atoms with Crippen LogP contribution in [0.25, 0.3) is 22.5 Å². The maximum atomic E-state index is 5.78. The molecule has 2 N–H and O–H groups in total. The van der Waals surface area contributed by atoms with E-state index in [2.05, 4.69) is 64.9 Å². The molecule has 3 aliphatic rings. The van der Waals surface area contributed by atoms with Crippen LogP contribution in [0.5, 0.6) is 0 Å². The van der Waals surface area contributed by atoms with Crippen molar-refractivity contribution in [3.63, 3.8) is 0 Å². The molecule has 7 rings (SSSR count). The number of aromatic nitrogens is 5. The molecule has 11 heteroatoms. The third kappa shape index (κ3) is 3.92. The first-order valence-corrected chi connectivity index (χ1v) is 13.0. The number of allylic oxidation sites excluding steroid dienone is 2. The molecule has 3 aromatic heterocycles. The van der Waals surface area contributed by atoms with Crippen LogP contribution in [-0.4, -0.2) is 85.0 Å². The lowest BCUT2D eigenvalue weighted by Gasteiger charge is -2.53. The third-order valence-electron chi connectivity index (χ3n) is 7.14. The Bertz CT molecular complexity index is 1400. The highest BCUT2D eigenvalue weighted by Gasteiger charge is 2.44. The Labute approximate surface area is 219 Å². The zero-order valence-corrected chi connectivity index (χ0v) is 21.0. The van der Waals surface area contributed by atoms with E-state index >= 15 is 0 Å². The minimum absolute atomic E-state index is 0.652. The molecular formula is C27H29N9O2. The van der Waals surface area contributed by atoms with Crippen molar-refractivity contribution in [3.05, 3.63) is 90.1 Å². The Kier molecular flexibility index (Phi) is 6.00. The molecule has 0 radical (unpaired) electrons. The SMILES string of the molecule is c1ccc(C2=C(c3ncc[nH]3)C(c3ccn[nH]3)=C(c3ccon3)N(N3CCCC3)N2N2CCOCC2)cc1. The van der Waals surface area contributed by atoms with Gasteiger partial charge in [-0.05, 0) is 18.9 Å². The van der Waals surface area contributed by atoms with E-state index in [4.69, 9.17) is 14.2 Å². The van der Waals surface area contributed by atoms with Crippen molar-refractivity contribution in [1.82, 2.24) is 45.6 Å². The monoisotopic (exact) mass is 511 g/mol. The van der Waals surface area contributed by atoms with E-state index in [1.54, 1.807) is 18.7 Å². The predicted octanol–water partition coefficient (Wildman–Crippen LogP) is 3.35. The van der Waals surface area contributed by atoms with Gasteiger partial charge >= 0.3 is 0 Å².